The molecule has 12 heavy (non-hydrogen) atoms. The first-order valence-electron chi connectivity index (χ1n) is 3.86. The highest BCUT2D eigenvalue weighted by molar-refractivity contribution is 5.19. The Hall–Kier alpha value is -1.51. The third-order valence-electron chi connectivity index (χ3n) is 1.73. The smallest absolute Gasteiger partial charge is 0.133 e. The summed E-state index contributed by atoms with van der Waals surface area (Å²) < 4.78 is 0. The minimum absolute atomic E-state index is 0.0335. The van der Waals surface area contributed by atoms with Gasteiger partial charge in [-0.25, -0.2) is 0 Å². The van der Waals surface area contributed by atoms with Gasteiger partial charge in [-0.05, 0) is 25.1 Å². The summed E-state index contributed by atoms with van der Waals surface area (Å²) in [7, 11) is 0. The normalized spacial score (nSPS) is 21.1. The Morgan fingerprint density at radius 3 is 2.83 bits per heavy atom. The van der Waals surface area contributed by atoms with Gasteiger partial charge in [0.25, 0.3) is 0 Å². The maximum Gasteiger partial charge on any atom is 0.133 e. The molecule has 1 aromatic rings. The lowest BCUT2D eigenvalue weighted by atomic mass is 10.2. The van der Waals surface area contributed by atoms with Gasteiger partial charge in [0, 0.05) is 6.20 Å². The monoisotopic (exact) mass is 159 g/mol. The van der Waals surface area contributed by atoms with Crippen LogP contribution in [0.15, 0.2) is 46.4 Å². The van der Waals surface area contributed by atoms with Gasteiger partial charge in [-0.3, -0.25) is 4.98 Å². The molecule has 0 radical (unpaired) electrons. The summed E-state index contributed by atoms with van der Waals surface area (Å²) >= 11 is 0. The van der Waals surface area contributed by atoms with Crippen molar-refractivity contribution in [1.82, 2.24) is 4.98 Å². The second-order valence-corrected chi connectivity index (χ2v) is 2.72. The van der Waals surface area contributed by atoms with Crippen LogP contribution in [0.3, 0.4) is 0 Å². The van der Waals surface area contributed by atoms with Gasteiger partial charge < -0.3 is 0 Å². The predicted octanol–water partition coefficient (Wildman–Crippen LogP) is 2.49. The number of allylic oxidation sites excluding steroid dienone is 1. The number of rotatable bonds is 1. The Labute approximate surface area is 70.9 Å². The van der Waals surface area contributed by atoms with E-state index >= 15 is 0 Å². The molecular formula is C9H9N3. The standard InChI is InChI=1S/C9H9N3/c1-7-6-9(12-11-7)8-4-2-3-5-10-8/h2-6,9H,1H3. The third-order valence-corrected chi connectivity index (χ3v) is 1.73. The SMILES string of the molecule is CC1=CC(c2ccccn2)N=N1. The molecule has 2 rings (SSSR count). The van der Waals surface area contributed by atoms with Crippen molar-refractivity contribution in [1.29, 1.82) is 0 Å². The number of nitrogens with zero attached hydrogens (tertiary/aromatic N) is 3. The molecular weight excluding hydrogens is 150 g/mol. The van der Waals surface area contributed by atoms with Crippen molar-refractivity contribution < 1.29 is 0 Å². The Morgan fingerprint density at radius 2 is 2.25 bits per heavy atom. The highest BCUT2D eigenvalue weighted by atomic mass is 15.2. The quantitative estimate of drug-likeness (QED) is 0.620. The van der Waals surface area contributed by atoms with Crippen molar-refractivity contribution in [3.8, 4) is 0 Å². The fourth-order valence-electron chi connectivity index (χ4n) is 1.14. The number of aromatic nitrogens is 1. The summed E-state index contributed by atoms with van der Waals surface area (Å²) in [5.41, 5.74) is 1.92. The fraction of sp³-hybridized carbons (Fsp3) is 0.222. The molecule has 0 saturated heterocycles. The van der Waals surface area contributed by atoms with E-state index in [0.29, 0.717) is 0 Å². The summed E-state index contributed by atoms with van der Waals surface area (Å²) in [6.07, 6.45) is 3.77. The van der Waals surface area contributed by atoms with Gasteiger partial charge >= 0.3 is 0 Å². The molecule has 0 amide bonds. The van der Waals surface area contributed by atoms with Gasteiger partial charge in [0.05, 0.1) is 11.4 Å². The highest BCUT2D eigenvalue weighted by Gasteiger charge is 2.12. The lowest BCUT2D eigenvalue weighted by Gasteiger charge is -1.99. The zero-order chi connectivity index (χ0) is 8.39. The molecule has 1 aliphatic heterocycles. The first-order valence-corrected chi connectivity index (χ1v) is 3.86. The number of hydrogen-bond acceptors (Lipinski definition) is 3. The van der Waals surface area contributed by atoms with Crippen molar-refractivity contribution in [3.05, 3.63) is 41.9 Å². The molecule has 1 atom stereocenters. The van der Waals surface area contributed by atoms with Crippen molar-refractivity contribution in [2.75, 3.05) is 0 Å². The molecule has 2 heterocycles. The zero-order valence-corrected chi connectivity index (χ0v) is 6.81. The van der Waals surface area contributed by atoms with Gasteiger partial charge in [-0.15, -0.1) is 0 Å². The minimum Gasteiger partial charge on any atom is -0.259 e. The number of hydrogen-bond donors (Lipinski definition) is 0. The molecule has 3 nitrogen and oxygen atoms in total. The van der Waals surface area contributed by atoms with Crippen LogP contribution in [0, 0.1) is 0 Å². The molecule has 0 spiro atoms. The van der Waals surface area contributed by atoms with Crippen LogP contribution in [0.5, 0.6) is 0 Å². The third kappa shape index (κ3) is 1.25. The van der Waals surface area contributed by atoms with Crippen LogP contribution < -0.4 is 0 Å². The molecule has 0 bridgehead atoms. The van der Waals surface area contributed by atoms with E-state index in [1.807, 2.05) is 31.2 Å². The van der Waals surface area contributed by atoms with Crippen LogP contribution in [0.25, 0.3) is 0 Å². The summed E-state index contributed by atoms with van der Waals surface area (Å²) in [6.45, 7) is 1.94. The molecule has 0 N–H and O–H groups in total. The van der Waals surface area contributed by atoms with Crippen molar-refractivity contribution in [3.63, 3.8) is 0 Å². The van der Waals surface area contributed by atoms with E-state index < -0.39 is 0 Å². The molecule has 3 heteroatoms. The van der Waals surface area contributed by atoms with E-state index in [-0.39, 0.29) is 6.04 Å². The van der Waals surface area contributed by atoms with Crippen LogP contribution in [-0.2, 0) is 0 Å². The fourth-order valence-corrected chi connectivity index (χ4v) is 1.14. The molecule has 0 aliphatic carbocycles. The lowest BCUT2D eigenvalue weighted by molar-refractivity contribution is 0.839. The van der Waals surface area contributed by atoms with E-state index in [2.05, 4.69) is 15.2 Å². The van der Waals surface area contributed by atoms with E-state index in [4.69, 9.17) is 0 Å². The number of azo groups is 1. The predicted molar refractivity (Wildman–Crippen MR) is 45.6 cm³/mol. The molecule has 1 aromatic heterocycles. The van der Waals surface area contributed by atoms with Gasteiger partial charge in [0.1, 0.15) is 6.04 Å². The highest BCUT2D eigenvalue weighted by Crippen LogP contribution is 2.24. The van der Waals surface area contributed by atoms with Crippen molar-refractivity contribution in [2.24, 2.45) is 10.2 Å². The Morgan fingerprint density at radius 1 is 1.33 bits per heavy atom. The van der Waals surface area contributed by atoms with Crippen LogP contribution in [0.4, 0.5) is 0 Å². The largest absolute Gasteiger partial charge is 0.259 e. The van der Waals surface area contributed by atoms with E-state index in [0.717, 1.165) is 11.4 Å². The van der Waals surface area contributed by atoms with E-state index in [1.165, 1.54) is 0 Å². The van der Waals surface area contributed by atoms with Crippen molar-refractivity contribution >= 4 is 0 Å². The Balaban J connectivity index is 2.29. The lowest BCUT2D eigenvalue weighted by Crippen LogP contribution is -1.91. The molecule has 60 valence electrons. The van der Waals surface area contributed by atoms with E-state index in [1.54, 1.807) is 6.20 Å². The average molecular weight is 159 g/mol. The first kappa shape index (κ1) is 7.16. The minimum atomic E-state index is 0.0335. The first-order chi connectivity index (χ1) is 5.86. The zero-order valence-electron chi connectivity index (χ0n) is 6.81. The van der Waals surface area contributed by atoms with Crippen LogP contribution >= 0.6 is 0 Å². The van der Waals surface area contributed by atoms with E-state index in [9.17, 15) is 0 Å². The van der Waals surface area contributed by atoms with Gasteiger partial charge in [0.15, 0.2) is 0 Å². The molecule has 0 saturated carbocycles. The average Bonchev–Trinajstić information content (AvgIpc) is 2.54. The summed E-state index contributed by atoms with van der Waals surface area (Å²) in [5, 5.41) is 8.00. The second kappa shape index (κ2) is 2.85. The topological polar surface area (TPSA) is 37.6 Å². The Bertz CT molecular complexity index is 327. The van der Waals surface area contributed by atoms with Gasteiger partial charge in [-0.1, -0.05) is 6.07 Å². The Kier molecular flexibility index (Phi) is 1.70. The summed E-state index contributed by atoms with van der Waals surface area (Å²) in [5.74, 6) is 0. The second-order valence-electron chi connectivity index (χ2n) is 2.72. The van der Waals surface area contributed by atoms with Crippen LogP contribution in [0.1, 0.15) is 18.7 Å². The molecule has 1 aliphatic rings. The molecule has 0 fully saturated rings. The molecule has 1 unspecified atom stereocenters. The molecule has 0 aromatic carbocycles. The van der Waals surface area contributed by atoms with Crippen LogP contribution in [-0.4, -0.2) is 4.98 Å². The van der Waals surface area contributed by atoms with Gasteiger partial charge in [0.2, 0.25) is 0 Å². The summed E-state index contributed by atoms with van der Waals surface area (Å²) in [6, 6.07) is 5.84. The number of pyridine rings is 1. The van der Waals surface area contributed by atoms with Gasteiger partial charge in [-0.2, -0.15) is 10.2 Å². The maximum atomic E-state index is 4.20. The van der Waals surface area contributed by atoms with Crippen LogP contribution in [0.2, 0.25) is 0 Å². The summed E-state index contributed by atoms with van der Waals surface area (Å²) in [4.78, 5) is 4.20. The maximum absolute atomic E-state index is 4.20. The van der Waals surface area contributed by atoms with Crippen molar-refractivity contribution in [2.45, 2.75) is 13.0 Å².